The number of ether oxygens (including phenoxy) is 2. The van der Waals surface area contributed by atoms with Gasteiger partial charge in [-0.15, -0.1) is 0 Å². The van der Waals surface area contributed by atoms with Gasteiger partial charge in [-0.1, -0.05) is 52.4 Å². The number of nitrogens with one attached hydrogen (secondary N) is 2. The summed E-state index contributed by atoms with van der Waals surface area (Å²) in [5, 5.41) is 3.04. The van der Waals surface area contributed by atoms with E-state index in [1.807, 2.05) is 0 Å². The predicted molar refractivity (Wildman–Crippen MR) is 167 cm³/mol. The lowest BCUT2D eigenvalue weighted by molar-refractivity contribution is -0.122. The minimum Gasteiger partial charge on any atom is -0.490 e. The predicted octanol–water partition coefficient (Wildman–Crippen LogP) is 6.09. The van der Waals surface area contributed by atoms with Gasteiger partial charge >= 0.3 is 4.87 Å². The molecule has 3 atom stereocenters. The highest BCUT2D eigenvalue weighted by molar-refractivity contribution is 8.00. The number of carbonyl (C=O) groups excluding carboxylic acids is 3. The van der Waals surface area contributed by atoms with Crippen molar-refractivity contribution in [3.8, 4) is 11.5 Å². The Bertz CT molecular complexity index is 1850. The van der Waals surface area contributed by atoms with Crippen LogP contribution in [0, 0.1) is 11.7 Å². The largest absolute Gasteiger partial charge is 0.490 e. The van der Waals surface area contributed by atoms with Crippen LogP contribution in [-0.4, -0.2) is 41.2 Å². The lowest BCUT2D eigenvalue weighted by Crippen LogP contribution is -2.32. The Labute approximate surface area is 268 Å². The number of fused-ring (bicyclic) bond motifs is 2. The Morgan fingerprint density at radius 1 is 0.977 bits per heavy atom. The molecule has 3 amide bonds. The van der Waals surface area contributed by atoms with E-state index in [1.165, 1.54) is 30.3 Å². The summed E-state index contributed by atoms with van der Waals surface area (Å²) in [6, 6.07) is 14.9. The molecule has 0 spiro atoms. The number of thiazole rings is 1. The summed E-state index contributed by atoms with van der Waals surface area (Å²) in [7, 11) is 0. The van der Waals surface area contributed by atoms with Crippen molar-refractivity contribution in [2.45, 2.75) is 23.1 Å². The summed E-state index contributed by atoms with van der Waals surface area (Å²) in [6.07, 6.45) is 0. The summed E-state index contributed by atoms with van der Waals surface area (Å²) in [4.78, 5) is 56.6. The van der Waals surface area contributed by atoms with Crippen molar-refractivity contribution >= 4 is 75.4 Å². The van der Waals surface area contributed by atoms with E-state index in [0.29, 0.717) is 36.9 Å². The van der Waals surface area contributed by atoms with Crippen LogP contribution in [0.3, 0.4) is 0 Å². The zero-order valence-corrected chi connectivity index (χ0v) is 25.9. The summed E-state index contributed by atoms with van der Waals surface area (Å²) < 4.78 is 25.2. The molecule has 0 saturated carbocycles. The number of nitrogens with zero attached hydrogens (tertiary/aromatic N) is 1. The molecule has 1 saturated heterocycles. The number of rotatable bonds is 8. The highest BCUT2D eigenvalue weighted by atomic mass is 35.5. The standard InChI is InChI=1S/C30H22Cl2FN3O6S2/c1-2-41-21-11-14(3-10-20(21)42-13-22(37)34-16-6-9-18(31)19(32)12-16)23-24-26(43-27-25(23)44-30(40)35-27)29(39)36(28(24)38)17-7-4-15(33)5-8-17/h3-12,23-24,26H,2,13H2,1H3,(H,34,37)(H,35,40)/t23-,24-,26+/m0/s1. The van der Waals surface area contributed by atoms with Gasteiger partial charge in [0.05, 0.1) is 33.3 Å². The Hall–Kier alpha value is -3.84. The molecule has 3 heterocycles. The molecule has 6 rings (SSSR count). The van der Waals surface area contributed by atoms with Gasteiger partial charge in [0.1, 0.15) is 11.1 Å². The van der Waals surface area contributed by atoms with Gasteiger partial charge in [-0.05, 0) is 67.1 Å². The van der Waals surface area contributed by atoms with E-state index in [9.17, 15) is 23.6 Å². The van der Waals surface area contributed by atoms with Crippen molar-refractivity contribution in [1.29, 1.82) is 0 Å². The molecule has 0 bridgehead atoms. The third kappa shape index (κ3) is 5.70. The molecule has 3 aromatic carbocycles. The van der Waals surface area contributed by atoms with Crippen molar-refractivity contribution in [2.24, 2.45) is 5.92 Å². The average molecular weight is 675 g/mol. The molecule has 0 unspecified atom stereocenters. The van der Waals surface area contributed by atoms with E-state index in [2.05, 4.69) is 10.3 Å². The first-order valence-electron chi connectivity index (χ1n) is 13.3. The fourth-order valence-corrected chi connectivity index (χ4v) is 8.05. The lowest BCUT2D eigenvalue weighted by atomic mass is 9.83. The van der Waals surface area contributed by atoms with Gasteiger partial charge in [-0.25, -0.2) is 9.29 Å². The van der Waals surface area contributed by atoms with E-state index in [4.69, 9.17) is 32.7 Å². The maximum Gasteiger partial charge on any atom is 0.305 e. The molecule has 4 aromatic rings. The molecule has 2 aliphatic rings. The van der Waals surface area contributed by atoms with Crippen LogP contribution in [0.25, 0.3) is 0 Å². The number of aromatic amines is 1. The maximum absolute atomic E-state index is 13.9. The minimum absolute atomic E-state index is 0.268. The molecule has 9 nitrogen and oxygen atoms in total. The first kappa shape index (κ1) is 30.2. The van der Waals surface area contributed by atoms with E-state index in [1.54, 1.807) is 37.3 Å². The molecular formula is C30H22Cl2FN3O6S2. The Morgan fingerprint density at radius 2 is 1.75 bits per heavy atom. The Balaban J connectivity index is 1.30. The monoisotopic (exact) mass is 673 g/mol. The van der Waals surface area contributed by atoms with Crippen LogP contribution in [-0.2, 0) is 14.4 Å². The highest BCUT2D eigenvalue weighted by Crippen LogP contribution is 2.53. The van der Waals surface area contributed by atoms with E-state index < -0.39 is 40.6 Å². The van der Waals surface area contributed by atoms with Crippen LogP contribution >= 0.6 is 46.3 Å². The number of hydrogen-bond donors (Lipinski definition) is 2. The van der Waals surface area contributed by atoms with Crippen LogP contribution in [0.2, 0.25) is 10.0 Å². The third-order valence-electron chi connectivity index (χ3n) is 7.10. The van der Waals surface area contributed by atoms with Crippen molar-refractivity contribution < 1.29 is 28.2 Å². The topological polar surface area (TPSA) is 118 Å². The molecule has 2 N–H and O–H groups in total. The van der Waals surface area contributed by atoms with Gasteiger partial charge in [0.25, 0.3) is 5.91 Å². The number of benzene rings is 3. The highest BCUT2D eigenvalue weighted by Gasteiger charge is 2.56. The SMILES string of the molecule is CCOc1cc([C@@H]2c3sc(=O)[nH]c3S[C@H]3C(=O)N(c4ccc(F)cc4)C(=O)[C@@H]23)ccc1OCC(=O)Nc1ccc(Cl)c(Cl)c1. The number of H-pyrrole nitrogens is 1. The van der Waals surface area contributed by atoms with Crippen LogP contribution in [0.15, 0.2) is 70.5 Å². The second kappa shape index (κ2) is 12.3. The first-order chi connectivity index (χ1) is 21.1. The Kier molecular flexibility index (Phi) is 8.42. The van der Waals surface area contributed by atoms with Crippen LogP contribution < -0.4 is 24.6 Å². The van der Waals surface area contributed by atoms with Crippen molar-refractivity contribution in [1.82, 2.24) is 4.98 Å². The maximum atomic E-state index is 13.9. The molecular weight excluding hydrogens is 652 g/mol. The number of amides is 3. The summed E-state index contributed by atoms with van der Waals surface area (Å²) in [6.45, 7) is 1.73. The zero-order valence-electron chi connectivity index (χ0n) is 22.8. The minimum atomic E-state index is -0.838. The van der Waals surface area contributed by atoms with E-state index in [0.717, 1.165) is 28.0 Å². The molecule has 226 valence electrons. The summed E-state index contributed by atoms with van der Waals surface area (Å²) in [5.41, 5.74) is 1.34. The zero-order chi connectivity index (χ0) is 31.1. The van der Waals surface area contributed by atoms with Gasteiger partial charge in [0.2, 0.25) is 11.8 Å². The van der Waals surface area contributed by atoms with Gasteiger partial charge in [0, 0.05) is 16.5 Å². The average Bonchev–Trinajstić information content (AvgIpc) is 3.49. The lowest BCUT2D eigenvalue weighted by Gasteiger charge is -2.30. The van der Waals surface area contributed by atoms with Gasteiger partial charge in [0.15, 0.2) is 18.1 Å². The van der Waals surface area contributed by atoms with E-state index >= 15 is 0 Å². The number of aromatic nitrogens is 1. The van der Waals surface area contributed by atoms with E-state index in [-0.39, 0.29) is 29.5 Å². The molecule has 1 fully saturated rings. The number of anilines is 2. The second-order valence-corrected chi connectivity index (χ2v) is 12.8. The van der Waals surface area contributed by atoms with Crippen molar-refractivity contribution in [3.05, 3.63) is 96.6 Å². The van der Waals surface area contributed by atoms with Crippen molar-refractivity contribution in [2.75, 3.05) is 23.4 Å². The fraction of sp³-hybridized carbons (Fsp3) is 0.200. The van der Waals surface area contributed by atoms with Gasteiger partial charge in [-0.3, -0.25) is 19.2 Å². The molecule has 0 aliphatic carbocycles. The fourth-order valence-electron chi connectivity index (χ4n) is 5.24. The summed E-state index contributed by atoms with van der Waals surface area (Å²) >= 11 is 14.1. The second-order valence-electron chi connectivity index (χ2n) is 9.84. The first-order valence-corrected chi connectivity index (χ1v) is 15.8. The smallest absolute Gasteiger partial charge is 0.305 e. The quantitative estimate of drug-likeness (QED) is 0.217. The van der Waals surface area contributed by atoms with Gasteiger partial charge in [-0.2, -0.15) is 0 Å². The number of carbonyl (C=O) groups is 3. The molecule has 0 radical (unpaired) electrons. The van der Waals surface area contributed by atoms with Crippen molar-refractivity contribution in [3.63, 3.8) is 0 Å². The summed E-state index contributed by atoms with van der Waals surface area (Å²) in [5.74, 6) is -2.73. The van der Waals surface area contributed by atoms with Crippen LogP contribution in [0.1, 0.15) is 23.3 Å². The van der Waals surface area contributed by atoms with Gasteiger partial charge < -0.3 is 19.8 Å². The van der Waals surface area contributed by atoms with Crippen LogP contribution in [0.4, 0.5) is 15.8 Å². The molecule has 14 heteroatoms. The number of thioether (sulfide) groups is 1. The normalized spacial score (nSPS) is 19.0. The van der Waals surface area contributed by atoms with Crippen LogP contribution in [0.5, 0.6) is 11.5 Å². The number of imide groups is 1. The number of hydrogen-bond acceptors (Lipinski definition) is 8. The third-order valence-corrected chi connectivity index (χ3v) is 10.2. The molecule has 2 aliphatic heterocycles. The number of halogens is 3. The molecule has 44 heavy (non-hydrogen) atoms. The Morgan fingerprint density at radius 3 is 2.48 bits per heavy atom. The molecule has 1 aromatic heterocycles.